The molecule has 1 aliphatic heterocycles. The van der Waals surface area contributed by atoms with E-state index in [0.717, 1.165) is 25.9 Å². The predicted octanol–water partition coefficient (Wildman–Crippen LogP) is 3.04. The van der Waals surface area contributed by atoms with Crippen molar-refractivity contribution in [1.82, 2.24) is 4.72 Å². The van der Waals surface area contributed by atoms with Gasteiger partial charge in [-0.25, -0.2) is 26.7 Å². The van der Waals surface area contributed by atoms with Crippen molar-refractivity contribution < 1.29 is 21.6 Å². The van der Waals surface area contributed by atoms with Crippen LogP contribution >= 0.6 is 0 Å². The van der Waals surface area contributed by atoms with Crippen LogP contribution in [0.1, 0.15) is 56.8 Å². The maximum absolute atomic E-state index is 13.3. The minimum Gasteiger partial charge on any atom is -0.371 e. The van der Waals surface area contributed by atoms with Crippen molar-refractivity contribution in [3.63, 3.8) is 0 Å². The standard InChI is InChI=1S/C24H32N4O5S2/c1-23(2,3)27-35(32,33)19-6-4-5-17(15-19)26-22(29)20-8-7-18(34(25,30)31)16-21(20)28-13-11-24(9-10-24)12-14-28/h4-8,15-16,27H,9-14H2,1-3H3,(H,26,29)(H2,25,30,31). The fourth-order valence-corrected chi connectivity index (χ4v) is 6.44. The molecule has 0 aromatic heterocycles. The van der Waals surface area contributed by atoms with Gasteiger partial charge >= 0.3 is 0 Å². The molecule has 2 aromatic carbocycles. The van der Waals surface area contributed by atoms with E-state index in [-0.39, 0.29) is 9.79 Å². The zero-order chi connectivity index (χ0) is 25.6. The average Bonchev–Trinajstić information content (AvgIpc) is 3.50. The van der Waals surface area contributed by atoms with Gasteiger partial charge in [-0.3, -0.25) is 4.79 Å². The summed E-state index contributed by atoms with van der Waals surface area (Å²) in [6.45, 7) is 6.68. The first-order valence-corrected chi connectivity index (χ1v) is 14.6. The van der Waals surface area contributed by atoms with Gasteiger partial charge in [-0.2, -0.15) is 0 Å². The molecular weight excluding hydrogens is 488 g/mol. The Morgan fingerprint density at radius 3 is 2.17 bits per heavy atom. The number of hydrogen-bond acceptors (Lipinski definition) is 6. The fourth-order valence-electron chi connectivity index (χ4n) is 4.44. The molecule has 2 aliphatic rings. The lowest BCUT2D eigenvalue weighted by Gasteiger charge is -2.35. The van der Waals surface area contributed by atoms with Crippen molar-refractivity contribution in [2.75, 3.05) is 23.3 Å². The molecule has 0 atom stereocenters. The van der Waals surface area contributed by atoms with E-state index in [1.807, 2.05) is 4.90 Å². The lowest BCUT2D eigenvalue weighted by Crippen LogP contribution is -2.40. The van der Waals surface area contributed by atoms with E-state index >= 15 is 0 Å². The van der Waals surface area contributed by atoms with Crippen LogP contribution in [0.15, 0.2) is 52.3 Å². The van der Waals surface area contributed by atoms with Gasteiger partial charge in [0.2, 0.25) is 20.0 Å². The van der Waals surface area contributed by atoms with Gasteiger partial charge < -0.3 is 10.2 Å². The predicted molar refractivity (Wildman–Crippen MR) is 135 cm³/mol. The summed E-state index contributed by atoms with van der Waals surface area (Å²) in [6.07, 6.45) is 4.42. The minimum atomic E-state index is -3.94. The van der Waals surface area contributed by atoms with Gasteiger partial charge in [0.05, 0.1) is 21.0 Å². The molecule has 11 heteroatoms. The Kier molecular flexibility index (Phi) is 6.50. The third kappa shape index (κ3) is 6.03. The number of sulfonamides is 2. The van der Waals surface area contributed by atoms with Crippen LogP contribution in [-0.4, -0.2) is 41.4 Å². The van der Waals surface area contributed by atoms with Crippen LogP contribution in [0.25, 0.3) is 0 Å². The molecule has 1 aliphatic carbocycles. The van der Waals surface area contributed by atoms with Crippen molar-refractivity contribution in [2.24, 2.45) is 10.6 Å². The zero-order valence-electron chi connectivity index (χ0n) is 20.2. The van der Waals surface area contributed by atoms with Crippen molar-refractivity contribution in [1.29, 1.82) is 0 Å². The Hall–Kier alpha value is -2.47. The summed E-state index contributed by atoms with van der Waals surface area (Å²) < 4.78 is 52.0. The first-order valence-electron chi connectivity index (χ1n) is 11.5. The number of nitrogens with two attached hydrogens (primary N) is 1. The Bertz CT molecular complexity index is 1350. The normalized spacial score (nSPS) is 17.9. The number of nitrogens with zero attached hydrogens (tertiary/aromatic N) is 1. The van der Waals surface area contributed by atoms with Crippen LogP contribution < -0.4 is 20.1 Å². The highest BCUT2D eigenvalue weighted by Crippen LogP contribution is 2.54. The molecule has 4 N–H and O–H groups in total. The van der Waals surface area contributed by atoms with Gasteiger partial charge in [0.25, 0.3) is 5.91 Å². The van der Waals surface area contributed by atoms with Crippen LogP contribution in [0.5, 0.6) is 0 Å². The molecule has 2 aromatic rings. The van der Waals surface area contributed by atoms with Gasteiger partial charge in [-0.1, -0.05) is 6.07 Å². The highest BCUT2D eigenvalue weighted by molar-refractivity contribution is 7.89. The Morgan fingerprint density at radius 1 is 0.943 bits per heavy atom. The third-order valence-electron chi connectivity index (χ3n) is 6.51. The number of carbonyl (C=O) groups is 1. The Balaban J connectivity index is 1.62. The Labute approximate surface area is 207 Å². The number of carbonyl (C=O) groups excluding carboxylic acids is 1. The summed E-state index contributed by atoms with van der Waals surface area (Å²) in [7, 11) is -7.73. The first kappa shape index (κ1) is 25.6. The average molecular weight is 521 g/mol. The molecule has 1 heterocycles. The zero-order valence-corrected chi connectivity index (χ0v) is 21.8. The van der Waals surface area contributed by atoms with Crippen LogP contribution in [-0.2, 0) is 20.0 Å². The molecule has 0 unspecified atom stereocenters. The molecule has 4 rings (SSSR count). The molecule has 1 saturated carbocycles. The van der Waals surface area contributed by atoms with Crippen molar-refractivity contribution in [2.45, 2.75) is 61.8 Å². The van der Waals surface area contributed by atoms with E-state index in [0.29, 0.717) is 22.4 Å². The maximum Gasteiger partial charge on any atom is 0.257 e. The summed E-state index contributed by atoms with van der Waals surface area (Å²) in [5.74, 6) is -0.467. The van der Waals surface area contributed by atoms with Crippen LogP contribution in [0.3, 0.4) is 0 Å². The molecule has 1 amide bonds. The molecule has 190 valence electrons. The number of piperidine rings is 1. The quantitative estimate of drug-likeness (QED) is 0.535. The van der Waals surface area contributed by atoms with Gasteiger partial charge in [0, 0.05) is 24.3 Å². The first-order chi connectivity index (χ1) is 16.2. The van der Waals surface area contributed by atoms with Gasteiger partial charge in [-0.05, 0) is 88.3 Å². The van der Waals surface area contributed by atoms with Crippen LogP contribution in [0.4, 0.5) is 11.4 Å². The second-order valence-corrected chi connectivity index (χ2v) is 13.8. The molecule has 1 spiro atoms. The number of primary sulfonamides is 1. The van der Waals surface area contributed by atoms with Crippen LogP contribution in [0.2, 0.25) is 0 Å². The molecular formula is C24H32N4O5S2. The van der Waals surface area contributed by atoms with Crippen molar-refractivity contribution in [3.8, 4) is 0 Å². The van der Waals surface area contributed by atoms with E-state index in [4.69, 9.17) is 5.14 Å². The van der Waals surface area contributed by atoms with Crippen molar-refractivity contribution in [3.05, 3.63) is 48.0 Å². The van der Waals surface area contributed by atoms with Gasteiger partial charge in [0.1, 0.15) is 0 Å². The molecule has 0 bridgehead atoms. The summed E-state index contributed by atoms with van der Waals surface area (Å²) in [5, 5.41) is 8.11. The number of hydrogen-bond donors (Lipinski definition) is 3. The van der Waals surface area contributed by atoms with E-state index in [2.05, 4.69) is 10.0 Å². The molecule has 0 radical (unpaired) electrons. The van der Waals surface area contributed by atoms with E-state index in [9.17, 15) is 21.6 Å². The van der Waals surface area contributed by atoms with Gasteiger partial charge in [-0.15, -0.1) is 0 Å². The number of amides is 1. The maximum atomic E-state index is 13.3. The molecule has 35 heavy (non-hydrogen) atoms. The summed E-state index contributed by atoms with van der Waals surface area (Å²) in [5.41, 5.74) is 0.853. The topological polar surface area (TPSA) is 139 Å². The minimum absolute atomic E-state index is 0.0285. The lowest BCUT2D eigenvalue weighted by molar-refractivity contribution is 0.102. The number of nitrogens with one attached hydrogen (secondary N) is 2. The van der Waals surface area contributed by atoms with Gasteiger partial charge in [0.15, 0.2) is 0 Å². The SMILES string of the molecule is CC(C)(C)NS(=O)(=O)c1cccc(NC(=O)c2ccc(S(N)(=O)=O)cc2N2CCC3(CC2)CC3)c1. The van der Waals surface area contributed by atoms with Crippen LogP contribution in [0, 0.1) is 5.41 Å². The van der Waals surface area contributed by atoms with E-state index in [1.54, 1.807) is 32.9 Å². The molecule has 9 nitrogen and oxygen atoms in total. The van der Waals surface area contributed by atoms with E-state index < -0.39 is 31.5 Å². The smallest absolute Gasteiger partial charge is 0.257 e. The number of rotatable bonds is 6. The van der Waals surface area contributed by atoms with E-state index in [1.165, 1.54) is 43.2 Å². The third-order valence-corrected chi connectivity index (χ3v) is 9.17. The number of anilines is 2. The highest BCUT2D eigenvalue weighted by Gasteiger charge is 2.44. The monoisotopic (exact) mass is 520 g/mol. The summed E-state index contributed by atoms with van der Waals surface area (Å²) in [6, 6.07) is 10.2. The summed E-state index contributed by atoms with van der Waals surface area (Å²) >= 11 is 0. The highest BCUT2D eigenvalue weighted by atomic mass is 32.2. The number of benzene rings is 2. The fraction of sp³-hybridized carbons (Fsp3) is 0.458. The molecule has 1 saturated heterocycles. The second-order valence-electron chi connectivity index (χ2n) is 10.5. The lowest BCUT2D eigenvalue weighted by atomic mass is 9.93. The van der Waals surface area contributed by atoms with Crippen molar-refractivity contribution >= 4 is 37.3 Å². The largest absolute Gasteiger partial charge is 0.371 e. The molecule has 2 fully saturated rings. The second kappa shape index (κ2) is 8.88. The summed E-state index contributed by atoms with van der Waals surface area (Å²) in [4.78, 5) is 15.3. The Morgan fingerprint density at radius 2 is 1.60 bits per heavy atom.